The Kier molecular flexibility index (Phi) is 8.72. The smallest absolute Gasteiger partial charge is 0.416 e. The number of carbonyl (C=O) groups excluding carboxylic acids is 1. The van der Waals surface area contributed by atoms with Gasteiger partial charge in [-0.1, -0.05) is 44.2 Å². The second-order valence-electron chi connectivity index (χ2n) is 8.28. The number of rotatable bonds is 9. The third-order valence-corrected chi connectivity index (χ3v) is 6.34. The number of ether oxygens (including phenoxy) is 2. The van der Waals surface area contributed by atoms with Crippen LogP contribution in [0.15, 0.2) is 48.5 Å². The maximum absolute atomic E-state index is 12.9. The largest absolute Gasteiger partial charge is 0.482 e. The van der Waals surface area contributed by atoms with Crippen LogP contribution in [-0.4, -0.2) is 24.2 Å². The van der Waals surface area contributed by atoms with Gasteiger partial charge in [0.25, 0.3) is 0 Å². The molecule has 1 aromatic heterocycles. The van der Waals surface area contributed by atoms with Crippen molar-refractivity contribution >= 4 is 23.4 Å². The van der Waals surface area contributed by atoms with E-state index in [1.807, 2.05) is 37.3 Å². The average Bonchev–Trinajstić information content (AvgIpc) is 3.23. The van der Waals surface area contributed by atoms with Crippen LogP contribution in [-0.2, 0) is 22.1 Å². The Morgan fingerprint density at radius 3 is 2.46 bits per heavy atom. The molecule has 0 atom stereocenters. The molecule has 0 aliphatic carbocycles. The zero-order chi connectivity index (χ0) is 25.6. The van der Waals surface area contributed by atoms with Crippen LogP contribution in [0.2, 0.25) is 0 Å². The maximum atomic E-state index is 12.9. The SMILES string of the molecule is CCOC(=O)COc1ccc(C=CCc2sc(-c3ccc(C(F)(F)F)cc3)nc2C(C)C)cc1C. The Morgan fingerprint density at radius 1 is 1.14 bits per heavy atom. The number of allylic oxidation sites excluding steroid dienone is 1. The van der Waals surface area contributed by atoms with Crippen LogP contribution in [0.5, 0.6) is 5.75 Å². The van der Waals surface area contributed by atoms with E-state index in [-0.39, 0.29) is 12.5 Å². The van der Waals surface area contributed by atoms with Gasteiger partial charge in [-0.3, -0.25) is 0 Å². The van der Waals surface area contributed by atoms with E-state index in [4.69, 9.17) is 14.5 Å². The van der Waals surface area contributed by atoms with Gasteiger partial charge in [0.2, 0.25) is 0 Å². The molecular formula is C27H28F3NO3S. The topological polar surface area (TPSA) is 48.4 Å². The van der Waals surface area contributed by atoms with Crippen LogP contribution in [0.25, 0.3) is 16.6 Å². The van der Waals surface area contributed by atoms with E-state index in [9.17, 15) is 18.0 Å². The van der Waals surface area contributed by atoms with Gasteiger partial charge in [-0.25, -0.2) is 9.78 Å². The van der Waals surface area contributed by atoms with E-state index in [0.717, 1.165) is 33.8 Å². The third kappa shape index (κ3) is 7.18. The van der Waals surface area contributed by atoms with Crippen LogP contribution in [0.1, 0.15) is 54.0 Å². The van der Waals surface area contributed by atoms with Crippen LogP contribution in [0, 0.1) is 6.92 Å². The van der Waals surface area contributed by atoms with Crippen molar-refractivity contribution in [2.24, 2.45) is 0 Å². The number of thiazole rings is 1. The lowest BCUT2D eigenvalue weighted by atomic mass is 10.1. The Labute approximate surface area is 207 Å². The van der Waals surface area contributed by atoms with Crippen LogP contribution >= 0.6 is 11.3 Å². The van der Waals surface area contributed by atoms with Crippen LogP contribution in [0.3, 0.4) is 0 Å². The predicted molar refractivity (Wildman–Crippen MR) is 133 cm³/mol. The predicted octanol–water partition coefficient (Wildman–Crippen LogP) is 7.46. The minimum absolute atomic E-state index is 0.130. The number of aromatic nitrogens is 1. The van der Waals surface area contributed by atoms with E-state index >= 15 is 0 Å². The number of hydrogen-bond donors (Lipinski definition) is 0. The molecule has 0 unspecified atom stereocenters. The van der Waals surface area contributed by atoms with E-state index in [1.165, 1.54) is 23.5 Å². The first-order chi connectivity index (χ1) is 16.6. The number of esters is 1. The summed E-state index contributed by atoms with van der Waals surface area (Å²) in [5.41, 5.74) is 2.85. The number of halogens is 3. The summed E-state index contributed by atoms with van der Waals surface area (Å²) in [5, 5.41) is 0.713. The molecule has 0 aliphatic heterocycles. The summed E-state index contributed by atoms with van der Waals surface area (Å²) in [6, 6.07) is 10.8. The van der Waals surface area contributed by atoms with Crippen molar-refractivity contribution in [2.75, 3.05) is 13.2 Å². The molecule has 0 bridgehead atoms. The lowest BCUT2D eigenvalue weighted by Gasteiger charge is -2.09. The zero-order valence-electron chi connectivity index (χ0n) is 20.1. The van der Waals surface area contributed by atoms with Gasteiger partial charge in [-0.2, -0.15) is 13.2 Å². The van der Waals surface area contributed by atoms with Crippen molar-refractivity contribution in [3.05, 3.63) is 75.8 Å². The fraction of sp³-hybridized carbons (Fsp3) is 0.333. The minimum atomic E-state index is -4.36. The number of nitrogens with zero attached hydrogens (tertiary/aromatic N) is 1. The van der Waals surface area contributed by atoms with Gasteiger partial charge in [0.1, 0.15) is 10.8 Å². The van der Waals surface area contributed by atoms with Gasteiger partial charge in [-0.05, 0) is 55.2 Å². The summed E-state index contributed by atoms with van der Waals surface area (Å²) in [6.45, 7) is 7.95. The normalized spacial score (nSPS) is 11.9. The molecule has 3 aromatic rings. The fourth-order valence-corrected chi connectivity index (χ4v) is 4.66. The minimum Gasteiger partial charge on any atom is -0.482 e. The molecular weight excluding hydrogens is 475 g/mol. The summed E-state index contributed by atoms with van der Waals surface area (Å²) in [7, 11) is 0. The summed E-state index contributed by atoms with van der Waals surface area (Å²) < 4.78 is 49.0. The highest BCUT2D eigenvalue weighted by molar-refractivity contribution is 7.15. The van der Waals surface area contributed by atoms with Crippen LogP contribution < -0.4 is 4.74 Å². The average molecular weight is 504 g/mol. The standard InChI is InChI=1S/C27H28F3NO3S/c1-5-33-24(32)16-34-22-14-9-19(15-18(22)4)7-6-8-23-25(17(2)3)31-26(35-23)20-10-12-21(13-11-20)27(28,29)30/h6-7,9-15,17H,5,8,16H2,1-4H3. The van der Waals surface area contributed by atoms with Crippen molar-refractivity contribution in [3.63, 3.8) is 0 Å². The summed E-state index contributed by atoms with van der Waals surface area (Å²) in [5.74, 6) is 0.411. The molecule has 0 aliphatic rings. The van der Waals surface area contributed by atoms with Crippen LogP contribution in [0.4, 0.5) is 13.2 Å². The Hall–Kier alpha value is -3.13. The molecule has 186 valence electrons. The number of carbonyl (C=O) groups is 1. The summed E-state index contributed by atoms with van der Waals surface area (Å²) >= 11 is 1.50. The monoisotopic (exact) mass is 503 g/mol. The highest BCUT2D eigenvalue weighted by Gasteiger charge is 2.30. The van der Waals surface area contributed by atoms with Crippen molar-refractivity contribution < 1.29 is 27.4 Å². The maximum Gasteiger partial charge on any atom is 0.416 e. The molecule has 0 fully saturated rings. The first-order valence-corrected chi connectivity index (χ1v) is 12.1. The van der Waals surface area contributed by atoms with Gasteiger partial charge in [0.15, 0.2) is 6.61 Å². The van der Waals surface area contributed by atoms with Gasteiger partial charge >= 0.3 is 12.1 Å². The van der Waals surface area contributed by atoms with Crippen molar-refractivity contribution in [1.29, 1.82) is 0 Å². The second kappa shape index (κ2) is 11.5. The van der Waals surface area contributed by atoms with Gasteiger partial charge in [-0.15, -0.1) is 11.3 Å². The van der Waals surface area contributed by atoms with Gasteiger partial charge in [0, 0.05) is 16.9 Å². The number of hydrogen-bond acceptors (Lipinski definition) is 5. The number of alkyl halides is 3. The quantitative estimate of drug-likeness (QED) is 0.284. The van der Waals surface area contributed by atoms with Crippen molar-refractivity contribution in [2.45, 2.75) is 46.2 Å². The van der Waals surface area contributed by atoms with Crippen molar-refractivity contribution in [1.82, 2.24) is 4.98 Å². The lowest BCUT2D eigenvalue weighted by molar-refractivity contribution is -0.145. The molecule has 4 nitrogen and oxygen atoms in total. The summed E-state index contributed by atoms with van der Waals surface area (Å²) in [6.07, 6.45) is 0.351. The highest BCUT2D eigenvalue weighted by Crippen LogP contribution is 2.35. The number of aryl methyl sites for hydroxylation is 1. The Bertz CT molecular complexity index is 1180. The first kappa shape index (κ1) is 26.5. The third-order valence-electron chi connectivity index (χ3n) is 5.20. The van der Waals surface area contributed by atoms with E-state index < -0.39 is 17.7 Å². The van der Waals surface area contributed by atoms with Gasteiger partial charge in [0.05, 0.1) is 17.9 Å². The number of benzene rings is 2. The molecule has 0 saturated carbocycles. The molecule has 3 rings (SSSR count). The Balaban J connectivity index is 1.71. The molecule has 35 heavy (non-hydrogen) atoms. The highest BCUT2D eigenvalue weighted by atomic mass is 32.1. The van der Waals surface area contributed by atoms with E-state index in [2.05, 4.69) is 13.8 Å². The Morgan fingerprint density at radius 2 is 1.86 bits per heavy atom. The lowest BCUT2D eigenvalue weighted by Crippen LogP contribution is -2.14. The fourth-order valence-electron chi connectivity index (χ4n) is 3.47. The molecule has 0 radical (unpaired) electrons. The zero-order valence-corrected chi connectivity index (χ0v) is 20.9. The molecule has 0 saturated heterocycles. The van der Waals surface area contributed by atoms with Crippen molar-refractivity contribution in [3.8, 4) is 16.3 Å². The summed E-state index contributed by atoms with van der Waals surface area (Å²) in [4.78, 5) is 17.3. The van der Waals surface area contributed by atoms with E-state index in [0.29, 0.717) is 29.3 Å². The first-order valence-electron chi connectivity index (χ1n) is 11.3. The van der Waals surface area contributed by atoms with E-state index in [1.54, 1.807) is 6.92 Å². The molecule has 8 heteroatoms. The van der Waals surface area contributed by atoms with Gasteiger partial charge < -0.3 is 9.47 Å². The molecule has 1 heterocycles. The molecule has 2 aromatic carbocycles. The molecule has 0 spiro atoms. The molecule has 0 N–H and O–H groups in total. The second-order valence-corrected chi connectivity index (χ2v) is 9.37. The molecule has 0 amide bonds.